The molecule has 6 heteroatoms. The molecule has 4 rings (SSSR count). The Hall–Kier alpha value is -2.73. The molecular formula is C24H27FN2O3. The fourth-order valence-corrected chi connectivity index (χ4v) is 4.30. The van der Waals surface area contributed by atoms with Gasteiger partial charge in [0.1, 0.15) is 5.82 Å². The molecule has 2 heterocycles. The molecule has 0 saturated carbocycles. The molecule has 2 aliphatic rings. The Kier molecular flexibility index (Phi) is 6.13. The van der Waals surface area contributed by atoms with Crippen molar-refractivity contribution in [2.45, 2.75) is 38.6 Å². The van der Waals surface area contributed by atoms with Crippen LogP contribution >= 0.6 is 0 Å². The summed E-state index contributed by atoms with van der Waals surface area (Å²) in [6.07, 6.45) is 3.13. The van der Waals surface area contributed by atoms with E-state index in [9.17, 15) is 14.0 Å². The van der Waals surface area contributed by atoms with E-state index < -0.39 is 0 Å². The Morgan fingerprint density at radius 2 is 1.90 bits per heavy atom. The maximum absolute atomic E-state index is 13.1. The highest BCUT2D eigenvalue weighted by Gasteiger charge is 2.31. The molecule has 2 amide bonds. The fraction of sp³-hybridized carbons (Fsp3) is 0.417. The molecule has 0 aliphatic carbocycles. The van der Waals surface area contributed by atoms with E-state index in [-0.39, 0.29) is 29.6 Å². The van der Waals surface area contributed by atoms with E-state index >= 15 is 0 Å². The zero-order valence-electron chi connectivity index (χ0n) is 17.2. The van der Waals surface area contributed by atoms with Crippen LogP contribution in [0.4, 0.5) is 10.1 Å². The van der Waals surface area contributed by atoms with Gasteiger partial charge in [-0.15, -0.1) is 0 Å². The number of halogens is 1. The van der Waals surface area contributed by atoms with Crippen molar-refractivity contribution in [1.82, 2.24) is 5.32 Å². The van der Waals surface area contributed by atoms with Gasteiger partial charge in [-0.3, -0.25) is 9.59 Å². The summed E-state index contributed by atoms with van der Waals surface area (Å²) in [7, 11) is 0. The number of rotatable bonds is 5. The number of ether oxygens (including phenoxy) is 1. The fourth-order valence-electron chi connectivity index (χ4n) is 4.30. The number of fused-ring (bicyclic) bond motifs is 1. The van der Waals surface area contributed by atoms with Gasteiger partial charge in [-0.2, -0.15) is 0 Å². The summed E-state index contributed by atoms with van der Waals surface area (Å²) in [4.78, 5) is 27.4. The zero-order chi connectivity index (χ0) is 21.1. The van der Waals surface area contributed by atoms with E-state index in [4.69, 9.17) is 4.74 Å². The van der Waals surface area contributed by atoms with Gasteiger partial charge in [-0.05, 0) is 67.1 Å². The van der Waals surface area contributed by atoms with Gasteiger partial charge in [0.2, 0.25) is 5.91 Å². The molecule has 1 fully saturated rings. The molecule has 0 radical (unpaired) electrons. The van der Waals surface area contributed by atoms with E-state index in [1.54, 1.807) is 0 Å². The van der Waals surface area contributed by atoms with Crippen LogP contribution in [0, 0.1) is 11.7 Å². The molecular weight excluding hydrogens is 383 g/mol. The summed E-state index contributed by atoms with van der Waals surface area (Å²) in [5, 5.41) is 3.04. The largest absolute Gasteiger partial charge is 0.381 e. The summed E-state index contributed by atoms with van der Waals surface area (Å²) in [5.74, 6) is -0.347. The molecule has 30 heavy (non-hydrogen) atoms. The summed E-state index contributed by atoms with van der Waals surface area (Å²) in [5.41, 5.74) is 3.58. The van der Waals surface area contributed by atoms with Crippen molar-refractivity contribution in [3.8, 4) is 0 Å². The highest BCUT2D eigenvalue weighted by atomic mass is 19.1. The Labute approximate surface area is 176 Å². The predicted molar refractivity (Wildman–Crippen MR) is 113 cm³/mol. The quantitative estimate of drug-likeness (QED) is 0.810. The maximum Gasteiger partial charge on any atom is 0.251 e. The Morgan fingerprint density at radius 1 is 1.17 bits per heavy atom. The topological polar surface area (TPSA) is 58.6 Å². The lowest BCUT2D eigenvalue weighted by molar-refractivity contribution is -0.125. The van der Waals surface area contributed by atoms with E-state index in [1.807, 2.05) is 24.0 Å². The first-order chi connectivity index (χ1) is 14.6. The third-order valence-corrected chi connectivity index (χ3v) is 6.06. The number of carbonyl (C=O) groups excluding carboxylic acids is 2. The third-order valence-electron chi connectivity index (χ3n) is 6.06. The van der Waals surface area contributed by atoms with Crippen LogP contribution in [0.1, 0.15) is 53.7 Å². The average Bonchev–Trinajstić information content (AvgIpc) is 3.21. The smallest absolute Gasteiger partial charge is 0.251 e. The molecule has 158 valence electrons. The summed E-state index contributed by atoms with van der Waals surface area (Å²) in [6, 6.07) is 11.5. The minimum atomic E-state index is -0.364. The second-order valence-electron chi connectivity index (χ2n) is 7.96. The first-order valence-corrected chi connectivity index (χ1v) is 10.6. The van der Waals surface area contributed by atoms with Crippen molar-refractivity contribution in [3.05, 3.63) is 65.0 Å². The molecule has 0 spiro atoms. The van der Waals surface area contributed by atoms with E-state index in [0.29, 0.717) is 25.3 Å². The van der Waals surface area contributed by atoms with Gasteiger partial charge in [0.25, 0.3) is 5.91 Å². The monoisotopic (exact) mass is 410 g/mol. The molecule has 2 aromatic carbocycles. The Morgan fingerprint density at radius 3 is 2.60 bits per heavy atom. The van der Waals surface area contributed by atoms with E-state index in [0.717, 1.165) is 42.5 Å². The van der Waals surface area contributed by atoms with Crippen molar-refractivity contribution in [1.29, 1.82) is 0 Å². The minimum Gasteiger partial charge on any atom is -0.381 e. The highest BCUT2D eigenvalue weighted by molar-refractivity contribution is 5.97. The second kappa shape index (κ2) is 8.96. The van der Waals surface area contributed by atoms with Crippen LogP contribution in [0.15, 0.2) is 42.5 Å². The molecule has 1 N–H and O–H groups in total. The first-order valence-electron chi connectivity index (χ1n) is 10.6. The van der Waals surface area contributed by atoms with Crippen LogP contribution in [0.3, 0.4) is 0 Å². The van der Waals surface area contributed by atoms with Crippen LogP contribution in [0.25, 0.3) is 0 Å². The van der Waals surface area contributed by atoms with Gasteiger partial charge < -0.3 is 15.0 Å². The van der Waals surface area contributed by atoms with Crippen LogP contribution in [-0.4, -0.2) is 31.6 Å². The molecule has 0 aromatic heterocycles. The number of hydrogen-bond donors (Lipinski definition) is 1. The molecule has 2 aliphatic heterocycles. The standard InChI is InChI=1S/C24H27FN2O3/c1-2-21(26-23(28)16-3-6-20(25)7-4-16)18-5-8-22-19(15-18)9-12-27(22)24(29)17-10-13-30-14-11-17/h3-8,15,17,21H,2,9-14H2,1H3,(H,26,28). The highest BCUT2D eigenvalue weighted by Crippen LogP contribution is 2.33. The Balaban J connectivity index is 1.48. The van der Waals surface area contributed by atoms with Crippen LogP contribution in [0.5, 0.6) is 0 Å². The molecule has 1 atom stereocenters. The van der Waals surface area contributed by atoms with E-state index in [1.165, 1.54) is 24.3 Å². The van der Waals surface area contributed by atoms with Gasteiger partial charge in [-0.25, -0.2) is 4.39 Å². The predicted octanol–water partition coefficient (Wildman–Crippen LogP) is 4.02. The van der Waals surface area contributed by atoms with Crippen LogP contribution < -0.4 is 10.2 Å². The normalized spacial score (nSPS) is 17.5. The van der Waals surface area contributed by atoms with Gasteiger partial charge in [-0.1, -0.05) is 19.1 Å². The number of anilines is 1. The molecule has 0 bridgehead atoms. The average molecular weight is 410 g/mol. The van der Waals surface area contributed by atoms with Crippen molar-refractivity contribution >= 4 is 17.5 Å². The second-order valence-corrected chi connectivity index (χ2v) is 7.96. The molecule has 1 saturated heterocycles. The lowest BCUT2D eigenvalue weighted by Gasteiger charge is -2.27. The number of nitrogens with one attached hydrogen (secondary N) is 1. The van der Waals surface area contributed by atoms with E-state index in [2.05, 4.69) is 11.4 Å². The van der Waals surface area contributed by atoms with Gasteiger partial charge in [0.15, 0.2) is 0 Å². The van der Waals surface area contributed by atoms with Crippen molar-refractivity contribution in [2.24, 2.45) is 5.92 Å². The third kappa shape index (κ3) is 4.24. The number of amides is 2. The summed E-state index contributed by atoms with van der Waals surface area (Å²) >= 11 is 0. The molecule has 1 unspecified atom stereocenters. The van der Waals surface area contributed by atoms with Gasteiger partial charge in [0.05, 0.1) is 6.04 Å². The van der Waals surface area contributed by atoms with Crippen LogP contribution in [-0.2, 0) is 16.0 Å². The van der Waals surface area contributed by atoms with Crippen molar-refractivity contribution < 1.29 is 18.7 Å². The molecule has 5 nitrogen and oxygen atoms in total. The maximum atomic E-state index is 13.1. The lowest BCUT2D eigenvalue weighted by Crippen LogP contribution is -2.37. The lowest BCUT2D eigenvalue weighted by atomic mass is 9.98. The SMILES string of the molecule is CCC(NC(=O)c1ccc(F)cc1)c1ccc2c(c1)CCN2C(=O)C1CCOCC1. The minimum absolute atomic E-state index is 0.0442. The summed E-state index contributed by atoms with van der Waals surface area (Å²) < 4.78 is 18.5. The number of benzene rings is 2. The Bertz CT molecular complexity index is 923. The summed E-state index contributed by atoms with van der Waals surface area (Å²) in [6.45, 7) is 4.03. The zero-order valence-corrected chi connectivity index (χ0v) is 17.2. The van der Waals surface area contributed by atoms with Gasteiger partial charge >= 0.3 is 0 Å². The number of hydrogen-bond acceptors (Lipinski definition) is 3. The molecule has 2 aromatic rings. The van der Waals surface area contributed by atoms with Crippen molar-refractivity contribution in [2.75, 3.05) is 24.7 Å². The first kappa shape index (κ1) is 20.5. The van der Waals surface area contributed by atoms with Crippen molar-refractivity contribution in [3.63, 3.8) is 0 Å². The van der Waals surface area contributed by atoms with Gasteiger partial charge in [0, 0.05) is 36.9 Å². The number of carbonyl (C=O) groups is 2. The number of nitrogens with zero attached hydrogens (tertiary/aromatic N) is 1. The van der Waals surface area contributed by atoms with Crippen LogP contribution in [0.2, 0.25) is 0 Å².